The molecule has 45 heavy (non-hydrogen) atoms. The van der Waals surface area contributed by atoms with E-state index in [1.165, 1.54) is 12.1 Å². The number of H-pyrrole nitrogens is 1. The molecule has 1 N–H and O–H groups in total. The van der Waals surface area contributed by atoms with Crippen molar-refractivity contribution in [3.63, 3.8) is 0 Å². The number of fused-ring (bicyclic) bond motifs is 2. The Kier molecular flexibility index (Phi) is 8.89. The lowest BCUT2D eigenvalue weighted by atomic mass is 9.77. The highest BCUT2D eigenvalue weighted by molar-refractivity contribution is 5.84. The topological polar surface area (TPSA) is 55.0 Å². The van der Waals surface area contributed by atoms with Crippen molar-refractivity contribution in [3.05, 3.63) is 94.8 Å². The fraction of sp³-hybridized carbons (Fsp3) is 0.421. The van der Waals surface area contributed by atoms with Crippen LogP contribution in [0, 0.1) is 24.7 Å². The molecule has 1 aromatic heterocycles. The third kappa shape index (κ3) is 7.03. The smallest absolute Gasteiger partial charge is 0.416 e. The third-order valence-corrected chi connectivity index (χ3v) is 9.98. The molecule has 1 saturated carbocycles. The third-order valence-electron chi connectivity index (χ3n) is 9.98. The summed E-state index contributed by atoms with van der Waals surface area (Å²) in [6.07, 6.45) is 3.35. The van der Waals surface area contributed by atoms with E-state index in [0.717, 1.165) is 95.0 Å². The molecular weight excluding hydrogens is 573 g/mol. The van der Waals surface area contributed by atoms with Crippen molar-refractivity contribution in [3.8, 4) is 16.9 Å². The number of rotatable bonds is 6. The summed E-state index contributed by atoms with van der Waals surface area (Å²) >= 11 is 0. The number of nitrogens with zero attached hydrogens (tertiary/aromatic N) is 1. The van der Waals surface area contributed by atoms with Gasteiger partial charge >= 0.3 is 6.18 Å². The molecule has 4 unspecified atom stereocenters. The average molecular weight is 615 g/mol. The van der Waals surface area contributed by atoms with Gasteiger partial charge in [-0.2, -0.15) is 13.2 Å². The van der Waals surface area contributed by atoms with Crippen molar-refractivity contribution < 1.29 is 22.7 Å². The fourth-order valence-corrected chi connectivity index (χ4v) is 7.27. The zero-order chi connectivity index (χ0) is 31.7. The molecule has 4 nitrogen and oxygen atoms in total. The number of aromatic nitrogens is 2. The highest BCUT2D eigenvalue weighted by Crippen LogP contribution is 2.41. The van der Waals surface area contributed by atoms with Gasteiger partial charge in [-0.15, -0.1) is 0 Å². The molecule has 1 aliphatic carbocycles. The minimum Gasteiger partial charge on any atom is -0.489 e. The SMILES string of the molecule is Cc1nc2ccc(-c3ccc4c(c3)CC(C)C(CC(=O)C(C)C3CCCCC(c5cccc(C(F)(F)F)c5)C3)=CCO4)cc2[nH]1. The number of ether oxygens (including phenoxy) is 1. The standard InChI is InChI=1S/C38H41F3N2O2/c1-23-17-32-19-30(31-11-13-34-35(21-31)43-25(3)42-34)12-14-37(32)45-16-15-26(23)22-36(44)24(2)27-7-4-5-8-28(18-27)29-9-6-10-33(20-29)38(39,40)41/h6,9-15,19-21,23-24,27-28H,4-5,7-8,16-18,22H2,1-3H3,(H,42,43). The molecule has 0 bridgehead atoms. The average Bonchev–Trinajstić information content (AvgIpc) is 3.21. The first kappa shape index (κ1) is 31.1. The number of aromatic amines is 1. The molecule has 4 aromatic rings. The van der Waals surface area contributed by atoms with Gasteiger partial charge < -0.3 is 9.72 Å². The van der Waals surface area contributed by atoms with Crippen LogP contribution in [-0.4, -0.2) is 22.4 Å². The Morgan fingerprint density at radius 2 is 1.82 bits per heavy atom. The van der Waals surface area contributed by atoms with Gasteiger partial charge in [0.05, 0.1) is 16.6 Å². The van der Waals surface area contributed by atoms with Gasteiger partial charge in [-0.1, -0.05) is 62.6 Å². The van der Waals surface area contributed by atoms with E-state index in [-0.39, 0.29) is 29.5 Å². The molecule has 2 aliphatic rings. The van der Waals surface area contributed by atoms with E-state index in [2.05, 4.69) is 47.2 Å². The first-order valence-electron chi connectivity index (χ1n) is 16.2. The largest absolute Gasteiger partial charge is 0.489 e. The van der Waals surface area contributed by atoms with Crippen molar-refractivity contribution >= 4 is 16.8 Å². The zero-order valence-electron chi connectivity index (χ0n) is 26.2. The van der Waals surface area contributed by atoms with E-state index < -0.39 is 11.7 Å². The van der Waals surface area contributed by atoms with Crippen molar-refractivity contribution in [1.29, 1.82) is 0 Å². The molecular formula is C38H41F3N2O2. The summed E-state index contributed by atoms with van der Waals surface area (Å²) in [5.41, 5.74) is 6.54. The Bertz CT molecular complexity index is 1720. The van der Waals surface area contributed by atoms with E-state index >= 15 is 0 Å². The summed E-state index contributed by atoms with van der Waals surface area (Å²) in [6.45, 7) is 6.56. The van der Waals surface area contributed by atoms with Crippen LogP contribution in [0.1, 0.15) is 80.8 Å². The summed E-state index contributed by atoms with van der Waals surface area (Å²) in [5, 5.41) is 0. The van der Waals surface area contributed by atoms with Gasteiger partial charge in [0.2, 0.25) is 0 Å². The summed E-state index contributed by atoms with van der Waals surface area (Å²) in [4.78, 5) is 21.6. The van der Waals surface area contributed by atoms with Crippen LogP contribution in [-0.2, 0) is 17.4 Å². The number of allylic oxidation sites excluding steroid dienone is 1. The quantitative estimate of drug-likeness (QED) is 0.174. The lowest BCUT2D eigenvalue weighted by Crippen LogP contribution is -2.24. The summed E-state index contributed by atoms with van der Waals surface area (Å²) in [7, 11) is 0. The van der Waals surface area contributed by atoms with Crippen LogP contribution in [0.15, 0.2) is 72.3 Å². The number of imidazole rings is 1. The Balaban J connectivity index is 1.14. The first-order chi connectivity index (χ1) is 21.5. The second kappa shape index (κ2) is 12.9. The van der Waals surface area contributed by atoms with Crippen LogP contribution in [0.25, 0.3) is 22.2 Å². The number of alkyl halides is 3. The van der Waals surface area contributed by atoms with E-state index in [1.54, 1.807) is 0 Å². The maximum atomic E-state index is 13.8. The number of carbonyl (C=O) groups is 1. The van der Waals surface area contributed by atoms with Crippen LogP contribution in [0.5, 0.6) is 5.75 Å². The number of nitrogens with one attached hydrogen (secondary N) is 1. The molecule has 4 atom stereocenters. The van der Waals surface area contributed by atoms with Crippen LogP contribution in [0.3, 0.4) is 0 Å². The lowest BCUT2D eigenvalue weighted by molar-refractivity contribution is -0.137. The number of halogens is 3. The van der Waals surface area contributed by atoms with Crippen molar-refractivity contribution in [2.45, 2.75) is 77.8 Å². The molecule has 1 aliphatic heterocycles. The second-order valence-corrected chi connectivity index (χ2v) is 13.1. The Morgan fingerprint density at radius 3 is 2.64 bits per heavy atom. The van der Waals surface area contributed by atoms with Gasteiger partial charge in [-0.05, 0) is 109 Å². The van der Waals surface area contributed by atoms with Gasteiger partial charge in [0.15, 0.2) is 0 Å². The molecule has 7 heteroatoms. The van der Waals surface area contributed by atoms with Crippen LogP contribution >= 0.6 is 0 Å². The number of aryl methyl sites for hydroxylation is 1. The lowest BCUT2D eigenvalue weighted by Gasteiger charge is -2.27. The Hall–Kier alpha value is -3.87. The zero-order valence-corrected chi connectivity index (χ0v) is 26.2. The maximum Gasteiger partial charge on any atom is 0.416 e. The number of benzene rings is 3. The van der Waals surface area contributed by atoms with E-state index in [9.17, 15) is 18.0 Å². The molecule has 6 rings (SSSR count). The van der Waals surface area contributed by atoms with Crippen molar-refractivity contribution in [2.24, 2.45) is 17.8 Å². The second-order valence-electron chi connectivity index (χ2n) is 13.1. The molecule has 0 saturated heterocycles. The van der Waals surface area contributed by atoms with Crippen molar-refractivity contribution in [1.82, 2.24) is 9.97 Å². The number of ketones is 1. The van der Waals surface area contributed by atoms with Gasteiger partial charge in [0.1, 0.15) is 24.0 Å². The Morgan fingerprint density at radius 1 is 1.04 bits per heavy atom. The molecule has 2 heterocycles. The normalized spacial score (nSPS) is 21.6. The first-order valence-corrected chi connectivity index (χ1v) is 16.2. The molecule has 0 amide bonds. The van der Waals surface area contributed by atoms with Gasteiger partial charge in [-0.3, -0.25) is 4.79 Å². The van der Waals surface area contributed by atoms with E-state index in [1.807, 2.05) is 32.0 Å². The van der Waals surface area contributed by atoms with Crippen molar-refractivity contribution in [2.75, 3.05) is 6.61 Å². The van der Waals surface area contributed by atoms with Crippen LogP contribution in [0.4, 0.5) is 13.2 Å². The van der Waals surface area contributed by atoms with E-state index in [0.29, 0.717) is 13.0 Å². The Labute approximate surface area is 263 Å². The predicted octanol–water partition coefficient (Wildman–Crippen LogP) is 10.0. The number of hydrogen-bond donors (Lipinski definition) is 1. The highest BCUT2D eigenvalue weighted by atomic mass is 19.4. The summed E-state index contributed by atoms with van der Waals surface area (Å²) < 4.78 is 46.4. The molecule has 0 radical (unpaired) electrons. The predicted molar refractivity (Wildman–Crippen MR) is 172 cm³/mol. The summed E-state index contributed by atoms with van der Waals surface area (Å²) in [5.74, 6) is 2.17. The monoisotopic (exact) mass is 614 g/mol. The number of carbonyl (C=O) groups excluding carboxylic acids is 1. The molecule has 3 aromatic carbocycles. The van der Waals surface area contributed by atoms with Gasteiger partial charge in [0, 0.05) is 12.3 Å². The number of hydrogen-bond acceptors (Lipinski definition) is 3. The highest BCUT2D eigenvalue weighted by Gasteiger charge is 2.33. The number of Topliss-reactive ketones (excluding diaryl/α,β-unsaturated/α-hetero) is 1. The van der Waals surface area contributed by atoms with Crippen LogP contribution in [0.2, 0.25) is 0 Å². The van der Waals surface area contributed by atoms with Gasteiger partial charge in [-0.25, -0.2) is 4.98 Å². The minimum absolute atomic E-state index is 0.0340. The molecule has 0 spiro atoms. The maximum absolute atomic E-state index is 13.8. The molecule has 236 valence electrons. The summed E-state index contributed by atoms with van der Waals surface area (Å²) in [6, 6.07) is 18.3. The van der Waals surface area contributed by atoms with Crippen LogP contribution < -0.4 is 4.74 Å². The molecule has 1 fully saturated rings. The van der Waals surface area contributed by atoms with Gasteiger partial charge in [0.25, 0.3) is 0 Å². The fourth-order valence-electron chi connectivity index (χ4n) is 7.27. The van der Waals surface area contributed by atoms with E-state index in [4.69, 9.17) is 4.74 Å². The minimum atomic E-state index is -4.36.